The Labute approximate surface area is 185 Å². The third-order valence-corrected chi connectivity index (χ3v) is 6.45. The Morgan fingerprint density at radius 1 is 1.13 bits per heavy atom. The zero-order chi connectivity index (χ0) is 21.8. The van der Waals surface area contributed by atoms with E-state index in [0.717, 1.165) is 0 Å². The molecule has 10 heteroatoms. The Morgan fingerprint density at radius 3 is 2.71 bits per heavy atom. The number of nitrogens with one attached hydrogen (secondary N) is 1. The quantitative estimate of drug-likeness (QED) is 0.498. The average molecular weight is 465 g/mol. The van der Waals surface area contributed by atoms with Gasteiger partial charge < -0.3 is 23.9 Å². The molecule has 0 saturated carbocycles. The first-order valence-corrected chi connectivity index (χ1v) is 11.5. The van der Waals surface area contributed by atoms with Crippen LogP contribution in [-0.4, -0.2) is 46.9 Å². The number of rotatable bonds is 8. The maximum Gasteiger partial charge on any atom is 0.233 e. The van der Waals surface area contributed by atoms with E-state index < -0.39 is 9.84 Å². The molecule has 0 amide bonds. The van der Waals surface area contributed by atoms with Crippen LogP contribution in [0.4, 0.5) is 5.88 Å². The minimum Gasteiger partial charge on any atom is -0.486 e. The molecule has 1 aromatic heterocycles. The van der Waals surface area contributed by atoms with Gasteiger partial charge in [0.15, 0.2) is 11.5 Å². The van der Waals surface area contributed by atoms with Crippen LogP contribution in [0.1, 0.15) is 6.42 Å². The Morgan fingerprint density at radius 2 is 1.94 bits per heavy atom. The van der Waals surface area contributed by atoms with E-state index in [1.807, 2.05) is 0 Å². The summed E-state index contributed by atoms with van der Waals surface area (Å²) in [6.07, 6.45) is 0.660. The zero-order valence-electron chi connectivity index (χ0n) is 16.8. The first-order valence-electron chi connectivity index (χ1n) is 9.63. The lowest BCUT2D eigenvalue weighted by atomic mass is 10.2. The molecule has 8 nitrogen and oxygen atoms in total. The van der Waals surface area contributed by atoms with Gasteiger partial charge in [-0.3, -0.25) is 0 Å². The fourth-order valence-electron chi connectivity index (χ4n) is 3.07. The van der Waals surface area contributed by atoms with Crippen molar-refractivity contribution in [1.82, 2.24) is 4.98 Å². The number of anilines is 1. The van der Waals surface area contributed by atoms with Crippen LogP contribution in [0, 0.1) is 0 Å². The van der Waals surface area contributed by atoms with Gasteiger partial charge in [0, 0.05) is 36.9 Å². The molecule has 3 aromatic rings. The van der Waals surface area contributed by atoms with Gasteiger partial charge in [-0.05, 0) is 36.8 Å². The molecule has 0 spiro atoms. The summed E-state index contributed by atoms with van der Waals surface area (Å²) in [5.41, 5.74) is 0.566. The predicted octanol–water partition coefficient (Wildman–Crippen LogP) is 4.05. The zero-order valence-corrected chi connectivity index (χ0v) is 18.3. The van der Waals surface area contributed by atoms with Crippen molar-refractivity contribution in [2.75, 3.05) is 38.8 Å². The molecule has 1 N–H and O–H groups in total. The normalized spacial score (nSPS) is 13.2. The van der Waals surface area contributed by atoms with Gasteiger partial charge in [-0.25, -0.2) is 8.42 Å². The minimum absolute atomic E-state index is 0.0302. The highest BCUT2D eigenvalue weighted by Gasteiger charge is 2.30. The van der Waals surface area contributed by atoms with Crippen LogP contribution in [-0.2, 0) is 14.6 Å². The van der Waals surface area contributed by atoms with Gasteiger partial charge in [0.1, 0.15) is 13.2 Å². The van der Waals surface area contributed by atoms with Crippen LogP contribution < -0.4 is 14.8 Å². The van der Waals surface area contributed by atoms with Crippen molar-refractivity contribution in [1.29, 1.82) is 0 Å². The molecule has 0 aliphatic carbocycles. The van der Waals surface area contributed by atoms with E-state index in [2.05, 4.69) is 10.3 Å². The largest absolute Gasteiger partial charge is 0.486 e. The molecule has 2 aromatic carbocycles. The number of fused-ring (bicyclic) bond motifs is 1. The summed E-state index contributed by atoms with van der Waals surface area (Å²) >= 11 is 6.07. The molecular formula is C21H21ClN2O6S. The molecular weight excluding hydrogens is 444 g/mol. The number of oxazole rings is 1. The first kappa shape index (κ1) is 21.5. The second-order valence-corrected chi connectivity index (χ2v) is 9.05. The third kappa shape index (κ3) is 4.63. The number of methoxy groups -OCH3 is 1. The first-order chi connectivity index (χ1) is 15.0. The standard InChI is InChI=1S/C21H21ClN2O6S/c1-27-9-3-8-23-20-21(24-19(30-20)14-4-2-5-15(22)12-14)31(25,26)16-6-7-17-18(13-16)29-11-10-28-17/h2,4-7,12-13,23H,3,8-11H2,1H3. The van der Waals surface area contributed by atoms with E-state index in [4.69, 9.17) is 30.2 Å². The molecule has 2 heterocycles. The van der Waals surface area contributed by atoms with E-state index in [1.165, 1.54) is 12.1 Å². The molecule has 0 fully saturated rings. The second kappa shape index (κ2) is 9.17. The number of hydrogen-bond acceptors (Lipinski definition) is 8. The summed E-state index contributed by atoms with van der Waals surface area (Å²) < 4.78 is 48.7. The summed E-state index contributed by atoms with van der Waals surface area (Å²) in [7, 11) is -2.41. The number of nitrogens with zero attached hydrogens (tertiary/aromatic N) is 1. The van der Waals surface area contributed by atoms with Gasteiger partial charge >= 0.3 is 0 Å². The lowest BCUT2D eigenvalue weighted by molar-refractivity contribution is 0.171. The number of aromatic nitrogens is 1. The van der Waals surface area contributed by atoms with Crippen molar-refractivity contribution in [3.05, 3.63) is 47.5 Å². The number of hydrogen-bond donors (Lipinski definition) is 1. The average Bonchev–Trinajstić information content (AvgIpc) is 3.21. The fraction of sp³-hybridized carbons (Fsp3) is 0.286. The summed E-state index contributed by atoms with van der Waals surface area (Å²) in [6.45, 7) is 1.74. The third-order valence-electron chi connectivity index (χ3n) is 4.56. The summed E-state index contributed by atoms with van der Waals surface area (Å²) in [5, 5.41) is 3.29. The van der Waals surface area contributed by atoms with Crippen LogP contribution in [0.3, 0.4) is 0 Å². The van der Waals surface area contributed by atoms with Gasteiger partial charge in [0.05, 0.1) is 4.90 Å². The Balaban J connectivity index is 1.74. The molecule has 31 heavy (non-hydrogen) atoms. The molecule has 0 unspecified atom stereocenters. The van der Waals surface area contributed by atoms with Crippen LogP contribution in [0.2, 0.25) is 5.02 Å². The summed E-state index contributed by atoms with van der Waals surface area (Å²) in [5.74, 6) is 1.08. The van der Waals surface area contributed by atoms with Gasteiger partial charge in [0.2, 0.25) is 26.6 Å². The highest BCUT2D eigenvalue weighted by atomic mass is 35.5. The van der Waals surface area contributed by atoms with Gasteiger partial charge in [-0.2, -0.15) is 4.98 Å². The smallest absolute Gasteiger partial charge is 0.233 e. The molecule has 1 aliphatic heterocycles. The number of sulfone groups is 1. The molecule has 1 aliphatic rings. The molecule has 4 rings (SSSR count). The SMILES string of the molecule is COCCCNc1oc(-c2cccc(Cl)c2)nc1S(=O)(=O)c1ccc2c(c1)OCCO2. The van der Waals surface area contributed by atoms with E-state index in [0.29, 0.717) is 54.9 Å². The molecule has 0 saturated heterocycles. The van der Waals surface area contributed by atoms with Gasteiger partial charge in [-0.15, -0.1) is 0 Å². The molecule has 164 valence electrons. The summed E-state index contributed by atoms with van der Waals surface area (Å²) in [6, 6.07) is 11.3. The maximum atomic E-state index is 13.4. The highest BCUT2D eigenvalue weighted by molar-refractivity contribution is 7.91. The van der Waals surface area contributed by atoms with E-state index >= 15 is 0 Å². The van der Waals surface area contributed by atoms with Crippen molar-refractivity contribution in [3.63, 3.8) is 0 Å². The van der Waals surface area contributed by atoms with Crippen molar-refractivity contribution in [3.8, 4) is 23.0 Å². The van der Waals surface area contributed by atoms with Gasteiger partial charge in [-0.1, -0.05) is 17.7 Å². The van der Waals surface area contributed by atoms with E-state index in [9.17, 15) is 8.42 Å². The lowest BCUT2D eigenvalue weighted by Gasteiger charge is -2.18. The lowest BCUT2D eigenvalue weighted by Crippen LogP contribution is -2.16. The van der Waals surface area contributed by atoms with Crippen LogP contribution in [0.15, 0.2) is 56.8 Å². The summed E-state index contributed by atoms with van der Waals surface area (Å²) in [4.78, 5) is 4.33. The monoisotopic (exact) mass is 464 g/mol. The molecule has 0 bridgehead atoms. The van der Waals surface area contributed by atoms with Crippen molar-refractivity contribution in [2.45, 2.75) is 16.3 Å². The Hall–Kier alpha value is -2.75. The number of ether oxygens (including phenoxy) is 3. The van der Waals surface area contributed by atoms with Crippen molar-refractivity contribution < 1.29 is 27.0 Å². The number of benzene rings is 2. The Bertz CT molecular complexity index is 1180. The second-order valence-electron chi connectivity index (χ2n) is 6.75. The minimum atomic E-state index is -4.01. The van der Waals surface area contributed by atoms with E-state index in [-0.39, 0.29) is 21.7 Å². The Kier molecular flexibility index (Phi) is 6.35. The molecule has 0 atom stereocenters. The molecule has 0 radical (unpaired) electrons. The van der Waals surface area contributed by atoms with Crippen LogP contribution >= 0.6 is 11.6 Å². The predicted molar refractivity (Wildman–Crippen MR) is 115 cm³/mol. The van der Waals surface area contributed by atoms with Gasteiger partial charge in [0.25, 0.3) is 0 Å². The highest BCUT2D eigenvalue weighted by Crippen LogP contribution is 2.37. The topological polar surface area (TPSA) is 99.9 Å². The van der Waals surface area contributed by atoms with Crippen molar-refractivity contribution in [2.24, 2.45) is 0 Å². The maximum absolute atomic E-state index is 13.4. The van der Waals surface area contributed by atoms with Crippen LogP contribution in [0.5, 0.6) is 11.5 Å². The van der Waals surface area contributed by atoms with E-state index in [1.54, 1.807) is 37.4 Å². The fourth-order valence-corrected chi connectivity index (χ4v) is 4.55. The van der Waals surface area contributed by atoms with Crippen LogP contribution in [0.25, 0.3) is 11.5 Å². The van der Waals surface area contributed by atoms with Crippen molar-refractivity contribution >= 4 is 27.3 Å². The number of halogens is 1.